The van der Waals surface area contributed by atoms with Crippen molar-refractivity contribution in [2.45, 2.75) is 32.9 Å². The van der Waals surface area contributed by atoms with Crippen LogP contribution in [0.1, 0.15) is 20.8 Å². The van der Waals surface area contributed by atoms with Gasteiger partial charge in [-0.2, -0.15) is 5.10 Å². The number of benzene rings is 1. The van der Waals surface area contributed by atoms with Crippen LogP contribution in [0.15, 0.2) is 41.6 Å². The van der Waals surface area contributed by atoms with Crippen LogP contribution in [0.25, 0.3) is 11.0 Å². The molecule has 1 aromatic carbocycles. The van der Waals surface area contributed by atoms with Gasteiger partial charge < -0.3 is 5.32 Å². The van der Waals surface area contributed by atoms with Crippen LogP contribution >= 0.6 is 0 Å². The molecule has 0 radical (unpaired) electrons. The van der Waals surface area contributed by atoms with Crippen LogP contribution in [0.4, 0.5) is 10.1 Å². The smallest absolute Gasteiger partial charge is 0.264 e. The van der Waals surface area contributed by atoms with Gasteiger partial charge in [0, 0.05) is 0 Å². The molecule has 1 N–H and O–H groups in total. The van der Waals surface area contributed by atoms with E-state index >= 15 is 0 Å². The van der Waals surface area contributed by atoms with Crippen LogP contribution in [0.5, 0.6) is 0 Å². The zero-order valence-corrected chi connectivity index (χ0v) is 14.2. The second-order valence-electron chi connectivity index (χ2n) is 6.67. The van der Waals surface area contributed by atoms with E-state index in [4.69, 9.17) is 0 Å². The Morgan fingerprint density at radius 3 is 2.68 bits per heavy atom. The normalized spacial score (nSPS) is 11.7. The maximum Gasteiger partial charge on any atom is 0.264 e. The molecule has 1 amide bonds. The molecule has 3 rings (SSSR count). The molecule has 25 heavy (non-hydrogen) atoms. The predicted molar refractivity (Wildman–Crippen MR) is 91.8 cm³/mol. The van der Waals surface area contributed by atoms with Gasteiger partial charge in [-0.05, 0) is 32.9 Å². The number of anilines is 1. The molecular formula is C17H18FN5O2. The molecule has 0 aliphatic heterocycles. The van der Waals surface area contributed by atoms with E-state index in [1.165, 1.54) is 35.3 Å². The van der Waals surface area contributed by atoms with Crippen LogP contribution < -0.4 is 10.9 Å². The third kappa shape index (κ3) is 3.28. The number of fused-ring (bicyclic) bond motifs is 1. The topological polar surface area (TPSA) is 81.8 Å². The first kappa shape index (κ1) is 16.8. The van der Waals surface area contributed by atoms with Crippen LogP contribution in [0.2, 0.25) is 0 Å². The fraction of sp³-hybridized carbons (Fsp3) is 0.294. The lowest BCUT2D eigenvalue weighted by atomic mass is 10.1. The highest BCUT2D eigenvalue weighted by atomic mass is 19.1. The summed E-state index contributed by atoms with van der Waals surface area (Å²) in [5.41, 5.74) is -0.169. The van der Waals surface area contributed by atoms with Crippen molar-refractivity contribution < 1.29 is 9.18 Å². The van der Waals surface area contributed by atoms with Crippen LogP contribution in [0.3, 0.4) is 0 Å². The highest BCUT2D eigenvalue weighted by Crippen LogP contribution is 2.17. The highest BCUT2D eigenvalue weighted by molar-refractivity contribution is 5.90. The maximum atomic E-state index is 13.6. The molecule has 2 heterocycles. The van der Waals surface area contributed by atoms with E-state index in [1.54, 1.807) is 10.7 Å². The number of carbonyl (C=O) groups excluding carboxylic acids is 1. The van der Waals surface area contributed by atoms with E-state index in [0.29, 0.717) is 11.0 Å². The fourth-order valence-electron chi connectivity index (χ4n) is 2.46. The third-order valence-corrected chi connectivity index (χ3v) is 3.65. The zero-order valence-electron chi connectivity index (χ0n) is 14.2. The molecule has 130 valence electrons. The van der Waals surface area contributed by atoms with E-state index < -0.39 is 11.7 Å². The highest BCUT2D eigenvalue weighted by Gasteiger charge is 2.20. The number of hydrogen-bond acceptors (Lipinski definition) is 4. The summed E-state index contributed by atoms with van der Waals surface area (Å²) in [5, 5.41) is 6.99. The van der Waals surface area contributed by atoms with Crippen molar-refractivity contribution >= 4 is 22.6 Å². The van der Waals surface area contributed by atoms with Gasteiger partial charge in [0.2, 0.25) is 5.91 Å². The summed E-state index contributed by atoms with van der Waals surface area (Å²) in [7, 11) is 0. The van der Waals surface area contributed by atoms with E-state index in [9.17, 15) is 14.0 Å². The van der Waals surface area contributed by atoms with Crippen molar-refractivity contribution in [3.05, 3.63) is 53.0 Å². The Labute approximate surface area is 143 Å². The van der Waals surface area contributed by atoms with Crippen molar-refractivity contribution in [2.75, 3.05) is 5.32 Å². The maximum absolute atomic E-state index is 13.6. The van der Waals surface area contributed by atoms with Gasteiger partial charge in [-0.25, -0.2) is 14.1 Å². The number of aromatic nitrogens is 4. The fourth-order valence-corrected chi connectivity index (χ4v) is 2.46. The summed E-state index contributed by atoms with van der Waals surface area (Å²) < 4.78 is 16.4. The number of nitrogens with zero attached hydrogens (tertiary/aromatic N) is 4. The number of carbonyl (C=O) groups is 1. The monoisotopic (exact) mass is 343 g/mol. The summed E-state index contributed by atoms with van der Waals surface area (Å²) in [6.07, 6.45) is 2.75. The first-order valence-electron chi connectivity index (χ1n) is 7.75. The summed E-state index contributed by atoms with van der Waals surface area (Å²) in [6.45, 7) is 5.59. The number of rotatable bonds is 3. The Kier molecular flexibility index (Phi) is 4.12. The molecule has 0 atom stereocenters. The molecule has 0 aliphatic rings. The van der Waals surface area contributed by atoms with Crippen molar-refractivity contribution in [2.24, 2.45) is 0 Å². The summed E-state index contributed by atoms with van der Waals surface area (Å²) >= 11 is 0. The van der Waals surface area contributed by atoms with E-state index in [0.717, 1.165) is 0 Å². The minimum atomic E-state index is -0.539. The molecule has 0 fully saturated rings. The van der Waals surface area contributed by atoms with Crippen molar-refractivity contribution in [1.82, 2.24) is 19.3 Å². The quantitative estimate of drug-likeness (QED) is 0.790. The molecule has 0 bridgehead atoms. The number of amides is 1. The molecule has 3 aromatic rings. The standard InChI is InChI=1S/C17H18FN5O2/c1-17(2,3)23-15-11(8-20-23)16(25)22(10-19-15)9-14(24)21-13-7-5-4-6-12(13)18/h4-8,10H,9H2,1-3H3,(H,21,24). The molecule has 8 heteroatoms. The van der Waals surface area contributed by atoms with Gasteiger partial charge in [0.15, 0.2) is 5.65 Å². The zero-order chi connectivity index (χ0) is 18.2. The van der Waals surface area contributed by atoms with E-state index in [-0.39, 0.29) is 23.3 Å². The Hall–Kier alpha value is -3.03. The van der Waals surface area contributed by atoms with Gasteiger partial charge in [0.05, 0.1) is 17.4 Å². The molecule has 0 aliphatic carbocycles. The third-order valence-electron chi connectivity index (χ3n) is 3.65. The van der Waals surface area contributed by atoms with E-state index in [2.05, 4.69) is 15.4 Å². The van der Waals surface area contributed by atoms with Gasteiger partial charge in [0.1, 0.15) is 24.1 Å². The number of nitrogens with one attached hydrogen (secondary N) is 1. The molecule has 0 spiro atoms. The SMILES string of the molecule is CC(C)(C)n1ncc2c(=O)n(CC(=O)Nc3ccccc3F)cnc21. The number of halogens is 1. The van der Waals surface area contributed by atoms with Gasteiger partial charge >= 0.3 is 0 Å². The Balaban J connectivity index is 1.87. The van der Waals surface area contributed by atoms with Crippen LogP contribution in [0, 0.1) is 5.82 Å². The van der Waals surface area contributed by atoms with Crippen LogP contribution in [-0.4, -0.2) is 25.2 Å². The molecule has 0 saturated carbocycles. The predicted octanol–water partition coefficient (Wildman–Crippen LogP) is 2.13. The van der Waals surface area contributed by atoms with Crippen molar-refractivity contribution in [3.8, 4) is 0 Å². The molecular weight excluding hydrogens is 325 g/mol. The van der Waals surface area contributed by atoms with Gasteiger partial charge in [-0.3, -0.25) is 14.2 Å². The average molecular weight is 343 g/mol. The summed E-state index contributed by atoms with van der Waals surface area (Å²) in [6, 6.07) is 5.83. The summed E-state index contributed by atoms with van der Waals surface area (Å²) in [5.74, 6) is -1.06. The second kappa shape index (κ2) is 6.12. The first-order chi connectivity index (χ1) is 11.8. The molecule has 7 nitrogen and oxygen atoms in total. The average Bonchev–Trinajstić information content (AvgIpc) is 2.97. The van der Waals surface area contributed by atoms with E-state index in [1.807, 2.05) is 20.8 Å². The lowest BCUT2D eigenvalue weighted by Crippen LogP contribution is -2.29. The minimum absolute atomic E-state index is 0.0649. The van der Waals surface area contributed by atoms with Gasteiger partial charge in [-0.1, -0.05) is 12.1 Å². The molecule has 0 unspecified atom stereocenters. The minimum Gasteiger partial charge on any atom is -0.322 e. The second-order valence-corrected chi connectivity index (χ2v) is 6.67. The Morgan fingerprint density at radius 2 is 2.00 bits per heavy atom. The molecule has 0 saturated heterocycles. The van der Waals surface area contributed by atoms with Crippen molar-refractivity contribution in [1.29, 1.82) is 0 Å². The summed E-state index contributed by atoms with van der Waals surface area (Å²) in [4.78, 5) is 28.9. The lowest BCUT2D eigenvalue weighted by molar-refractivity contribution is -0.116. The largest absolute Gasteiger partial charge is 0.322 e. The van der Waals surface area contributed by atoms with Gasteiger partial charge in [-0.15, -0.1) is 0 Å². The Bertz CT molecular complexity index is 1000. The Morgan fingerprint density at radius 1 is 1.28 bits per heavy atom. The van der Waals surface area contributed by atoms with Crippen LogP contribution in [-0.2, 0) is 16.9 Å². The van der Waals surface area contributed by atoms with Gasteiger partial charge in [0.25, 0.3) is 5.56 Å². The lowest BCUT2D eigenvalue weighted by Gasteiger charge is -2.19. The number of hydrogen-bond donors (Lipinski definition) is 1. The number of para-hydroxylation sites is 1. The van der Waals surface area contributed by atoms with Crippen molar-refractivity contribution in [3.63, 3.8) is 0 Å². The first-order valence-corrected chi connectivity index (χ1v) is 7.75. The molecule has 2 aromatic heterocycles.